The Labute approximate surface area is 179 Å². The summed E-state index contributed by atoms with van der Waals surface area (Å²) in [5, 5.41) is 11.6. The van der Waals surface area contributed by atoms with Gasteiger partial charge in [-0.1, -0.05) is 24.6 Å². The third-order valence-electron chi connectivity index (χ3n) is 7.93. The molecule has 2 saturated carbocycles. The number of hydrogen-bond acceptors (Lipinski definition) is 3. The summed E-state index contributed by atoms with van der Waals surface area (Å²) in [7, 11) is 0. The van der Waals surface area contributed by atoms with Gasteiger partial charge in [-0.2, -0.15) is 0 Å². The highest BCUT2D eigenvalue weighted by atomic mass is 16.5. The first-order valence-corrected chi connectivity index (χ1v) is 11.7. The fourth-order valence-corrected chi connectivity index (χ4v) is 5.73. The van der Waals surface area contributed by atoms with E-state index in [0.717, 1.165) is 38.2 Å². The van der Waals surface area contributed by atoms with Gasteiger partial charge in [-0.3, -0.25) is 9.69 Å². The smallest absolute Gasteiger partial charge is 0.306 e. The fraction of sp³-hybridized carbons (Fsp3) is 0.577. The number of aliphatic carboxylic acids is 1. The SMILES string of the molecule is O=C(O)C1CCN(Cc2ccc3cc(OC4CCC5(CCC5)CC4)ccc3c2)CC1. The monoisotopic (exact) mass is 407 g/mol. The predicted octanol–water partition coefficient (Wildman–Crippen LogP) is 5.63. The van der Waals surface area contributed by atoms with Crippen molar-refractivity contribution in [3.63, 3.8) is 0 Å². The molecule has 2 aliphatic carbocycles. The van der Waals surface area contributed by atoms with Crippen LogP contribution in [0.25, 0.3) is 10.8 Å². The molecule has 30 heavy (non-hydrogen) atoms. The number of piperidine rings is 1. The highest BCUT2D eigenvalue weighted by molar-refractivity contribution is 5.84. The number of ether oxygens (including phenoxy) is 1. The molecule has 1 heterocycles. The molecular weight excluding hydrogens is 374 g/mol. The quantitative estimate of drug-likeness (QED) is 0.698. The first kappa shape index (κ1) is 19.9. The van der Waals surface area contributed by atoms with Crippen molar-refractivity contribution in [2.45, 2.75) is 70.4 Å². The van der Waals surface area contributed by atoms with Crippen LogP contribution >= 0.6 is 0 Å². The molecule has 0 amide bonds. The molecule has 1 N–H and O–H groups in total. The summed E-state index contributed by atoms with van der Waals surface area (Å²) in [5.74, 6) is 0.189. The topological polar surface area (TPSA) is 49.8 Å². The van der Waals surface area contributed by atoms with Gasteiger partial charge in [-0.05, 0) is 104 Å². The molecule has 160 valence electrons. The van der Waals surface area contributed by atoms with E-state index in [4.69, 9.17) is 9.84 Å². The number of benzene rings is 2. The summed E-state index contributed by atoms with van der Waals surface area (Å²) in [4.78, 5) is 13.5. The molecule has 5 rings (SSSR count). The maximum atomic E-state index is 11.1. The summed E-state index contributed by atoms with van der Waals surface area (Å²) in [6.45, 7) is 2.62. The standard InChI is InChI=1S/C26H33NO3/c28-25(29)20-8-14-27(15-9-20)18-19-2-3-22-17-24(5-4-21(22)16-19)30-23-6-12-26(13-7-23)10-1-11-26/h2-5,16-17,20,23H,1,6-15,18H2,(H,28,29). The second-order valence-corrected chi connectivity index (χ2v) is 9.90. The van der Waals surface area contributed by atoms with Crippen molar-refractivity contribution < 1.29 is 14.6 Å². The van der Waals surface area contributed by atoms with Gasteiger partial charge in [-0.15, -0.1) is 0 Å². The molecule has 4 heteroatoms. The predicted molar refractivity (Wildman–Crippen MR) is 119 cm³/mol. The lowest BCUT2D eigenvalue weighted by atomic mass is 9.60. The molecule has 3 aliphatic rings. The van der Waals surface area contributed by atoms with Crippen molar-refractivity contribution in [1.29, 1.82) is 0 Å². The number of hydrogen-bond donors (Lipinski definition) is 1. The Bertz CT molecular complexity index is 902. The minimum Gasteiger partial charge on any atom is -0.490 e. The van der Waals surface area contributed by atoms with Crippen molar-refractivity contribution >= 4 is 16.7 Å². The molecule has 0 bridgehead atoms. The Hall–Kier alpha value is -2.07. The van der Waals surface area contributed by atoms with Crippen molar-refractivity contribution in [2.75, 3.05) is 13.1 Å². The maximum Gasteiger partial charge on any atom is 0.306 e. The van der Waals surface area contributed by atoms with Crippen LogP contribution in [0, 0.1) is 11.3 Å². The average molecular weight is 408 g/mol. The number of carbonyl (C=O) groups is 1. The first-order valence-electron chi connectivity index (χ1n) is 11.7. The van der Waals surface area contributed by atoms with Crippen LogP contribution in [0.2, 0.25) is 0 Å². The van der Waals surface area contributed by atoms with E-state index in [2.05, 4.69) is 41.3 Å². The molecule has 2 aromatic rings. The van der Waals surface area contributed by atoms with E-state index in [-0.39, 0.29) is 5.92 Å². The van der Waals surface area contributed by atoms with Gasteiger partial charge in [0.05, 0.1) is 12.0 Å². The number of nitrogens with zero attached hydrogens (tertiary/aromatic N) is 1. The summed E-state index contributed by atoms with van der Waals surface area (Å²) in [5.41, 5.74) is 1.98. The van der Waals surface area contributed by atoms with Crippen molar-refractivity contribution in [3.05, 3.63) is 42.0 Å². The van der Waals surface area contributed by atoms with E-state index in [1.807, 2.05) is 0 Å². The minimum atomic E-state index is -0.644. The molecule has 1 saturated heterocycles. The average Bonchev–Trinajstić information content (AvgIpc) is 2.74. The summed E-state index contributed by atoms with van der Waals surface area (Å²) >= 11 is 0. The summed E-state index contributed by atoms with van der Waals surface area (Å²) in [6.07, 6.45) is 11.3. The highest BCUT2D eigenvalue weighted by Crippen LogP contribution is 2.51. The fourth-order valence-electron chi connectivity index (χ4n) is 5.73. The van der Waals surface area contributed by atoms with E-state index in [9.17, 15) is 4.79 Å². The van der Waals surface area contributed by atoms with Gasteiger partial charge < -0.3 is 9.84 Å². The molecule has 3 fully saturated rings. The van der Waals surface area contributed by atoms with Gasteiger partial charge in [-0.25, -0.2) is 0 Å². The van der Waals surface area contributed by atoms with Crippen LogP contribution in [0.1, 0.15) is 63.4 Å². The van der Waals surface area contributed by atoms with E-state index < -0.39 is 5.97 Å². The highest BCUT2D eigenvalue weighted by Gasteiger charge is 2.40. The maximum absolute atomic E-state index is 11.1. The third-order valence-corrected chi connectivity index (χ3v) is 7.93. The van der Waals surface area contributed by atoms with Crippen LogP contribution in [0.15, 0.2) is 36.4 Å². The summed E-state index contributed by atoms with van der Waals surface area (Å²) in [6, 6.07) is 13.2. The Kier molecular flexibility index (Phi) is 5.44. The van der Waals surface area contributed by atoms with Crippen LogP contribution in [0.4, 0.5) is 0 Å². The molecule has 2 aromatic carbocycles. The van der Waals surface area contributed by atoms with Gasteiger partial charge >= 0.3 is 5.97 Å². The van der Waals surface area contributed by atoms with E-state index in [1.165, 1.54) is 61.3 Å². The van der Waals surface area contributed by atoms with Gasteiger partial charge in [0.2, 0.25) is 0 Å². The van der Waals surface area contributed by atoms with Gasteiger partial charge in [0.25, 0.3) is 0 Å². The second-order valence-electron chi connectivity index (χ2n) is 9.90. The zero-order valence-electron chi connectivity index (χ0n) is 17.8. The molecule has 0 atom stereocenters. The van der Waals surface area contributed by atoms with Gasteiger partial charge in [0.15, 0.2) is 0 Å². The lowest BCUT2D eigenvalue weighted by molar-refractivity contribution is -0.143. The molecule has 4 nitrogen and oxygen atoms in total. The molecular formula is C26H33NO3. The van der Waals surface area contributed by atoms with E-state index in [1.54, 1.807) is 0 Å². The van der Waals surface area contributed by atoms with Crippen LogP contribution in [-0.2, 0) is 11.3 Å². The normalized spacial score (nSPS) is 22.8. The Balaban J connectivity index is 1.19. The number of carboxylic acid groups (broad SMARTS) is 1. The van der Waals surface area contributed by atoms with Crippen molar-refractivity contribution in [2.24, 2.45) is 11.3 Å². The number of fused-ring (bicyclic) bond motifs is 1. The molecule has 1 aliphatic heterocycles. The van der Waals surface area contributed by atoms with Crippen molar-refractivity contribution in [1.82, 2.24) is 4.90 Å². The van der Waals surface area contributed by atoms with Crippen LogP contribution in [-0.4, -0.2) is 35.2 Å². The molecule has 0 unspecified atom stereocenters. The lowest BCUT2D eigenvalue weighted by Crippen LogP contribution is -2.37. The Morgan fingerprint density at radius 1 is 0.967 bits per heavy atom. The lowest BCUT2D eigenvalue weighted by Gasteiger charge is -2.46. The summed E-state index contributed by atoms with van der Waals surface area (Å²) < 4.78 is 6.35. The van der Waals surface area contributed by atoms with Crippen LogP contribution in [0.5, 0.6) is 5.75 Å². The molecule has 0 radical (unpaired) electrons. The van der Waals surface area contributed by atoms with E-state index >= 15 is 0 Å². The largest absolute Gasteiger partial charge is 0.490 e. The Morgan fingerprint density at radius 2 is 1.67 bits per heavy atom. The number of rotatable bonds is 5. The van der Waals surface area contributed by atoms with E-state index in [0.29, 0.717) is 11.5 Å². The van der Waals surface area contributed by atoms with Gasteiger partial charge in [0, 0.05) is 6.54 Å². The zero-order valence-corrected chi connectivity index (χ0v) is 17.8. The number of carboxylic acids is 1. The van der Waals surface area contributed by atoms with Gasteiger partial charge in [0.1, 0.15) is 5.75 Å². The van der Waals surface area contributed by atoms with Crippen LogP contribution < -0.4 is 4.74 Å². The third kappa shape index (κ3) is 4.20. The van der Waals surface area contributed by atoms with Crippen molar-refractivity contribution in [3.8, 4) is 5.75 Å². The minimum absolute atomic E-state index is 0.167. The first-order chi connectivity index (χ1) is 14.6. The molecule has 0 aromatic heterocycles. The zero-order chi connectivity index (χ0) is 20.6. The number of likely N-dealkylation sites (tertiary alicyclic amines) is 1. The second kappa shape index (κ2) is 8.22. The Morgan fingerprint density at radius 3 is 2.33 bits per heavy atom. The van der Waals surface area contributed by atoms with Crippen LogP contribution in [0.3, 0.4) is 0 Å². The molecule has 1 spiro atoms.